The zero-order valence-electron chi connectivity index (χ0n) is 10.4. The lowest BCUT2D eigenvalue weighted by molar-refractivity contribution is -0.117. The summed E-state index contributed by atoms with van der Waals surface area (Å²) < 4.78 is 0. The highest BCUT2D eigenvalue weighted by molar-refractivity contribution is 5.95. The first-order chi connectivity index (χ1) is 9.24. The second kappa shape index (κ2) is 4.76. The number of anilines is 1. The number of aromatic hydroxyl groups is 1. The Morgan fingerprint density at radius 2 is 1.74 bits per heavy atom. The van der Waals surface area contributed by atoms with Crippen LogP contribution in [0.1, 0.15) is 17.9 Å². The van der Waals surface area contributed by atoms with Crippen molar-refractivity contribution in [2.45, 2.75) is 12.3 Å². The maximum absolute atomic E-state index is 12.1. The van der Waals surface area contributed by atoms with Crippen LogP contribution in [0.15, 0.2) is 54.6 Å². The van der Waals surface area contributed by atoms with E-state index in [0.717, 1.165) is 12.1 Å². The molecule has 0 aromatic heterocycles. The molecule has 3 nitrogen and oxygen atoms in total. The average Bonchev–Trinajstić information content (AvgIpc) is 3.23. The number of phenolic OH excluding ortho intramolecular Hbond substituents is 1. The predicted octanol–water partition coefficient (Wildman–Crippen LogP) is 3.13. The van der Waals surface area contributed by atoms with Gasteiger partial charge in [0.15, 0.2) is 0 Å². The van der Waals surface area contributed by atoms with Crippen molar-refractivity contribution in [3.63, 3.8) is 0 Å². The first kappa shape index (κ1) is 11.8. The maximum Gasteiger partial charge on any atom is 0.228 e. The Morgan fingerprint density at radius 3 is 2.42 bits per heavy atom. The van der Waals surface area contributed by atoms with Gasteiger partial charge in [-0.2, -0.15) is 0 Å². The topological polar surface area (TPSA) is 49.3 Å². The van der Waals surface area contributed by atoms with Gasteiger partial charge in [-0.25, -0.2) is 0 Å². The smallest absolute Gasteiger partial charge is 0.228 e. The van der Waals surface area contributed by atoms with Crippen LogP contribution in [0.5, 0.6) is 5.75 Å². The summed E-state index contributed by atoms with van der Waals surface area (Å²) in [6.07, 6.45) is 0.911. The van der Waals surface area contributed by atoms with E-state index in [-0.39, 0.29) is 17.6 Å². The molecule has 2 atom stereocenters. The van der Waals surface area contributed by atoms with E-state index in [4.69, 9.17) is 0 Å². The van der Waals surface area contributed by atoms with Crippen LogP contribution >= 0.6 is 0 Å². The molecular formula is C16H15NO2. The fraction of sp³-hybridized carbons (Fsp3) is 0.188. The van der Waals surface area contributed by atoms with E-state index < -0.39 is 0 Å². The van der Waals surface area contributed by atoms with Crippen LogP contribution in [0, 0.1) is 5.92 Å². The summed E-state index contributed by atoms with van der Waals surface area (Å²) in [5, 5.41) is 12.1. The van der Waals surface area contributed by atoms with Gasteiger partial charge in [0.1, 0.15) is 5.75 Å². The van der Waals surface area contributed by atoms with Crippen LogP contribution in [0.4, 0.5) is 5.69 Å². The van der Waals surface area contributed by atoms with Crippen LogP contribution < -0.4 is 5.32 Å². The number of hydrogen-bond donors (Lipinski definition) is 2. The molecule has 1 saturated carbocycles. The third-order valence-electron chi connectivity index (χ3n) is 3.49. The van der Waals surface area contributed by atoms with Gasteiger partial charge < -0.3 is 10.4 Å². The summed E-state index contributed by atoms with van der Waals surface area (Å²) in [5.74, 6) is 0.667. The minimum atomic E-state index is 0.0551. The molecule has 2 aromatic rings. The Bertz CT molecular complexity index is 577. The summed E-state index contributed by atoms with van der Waals surface area (Å²) in [4.78, 5) is 12.1. The van der Waals surface area contributed by atoms with E-state index in [2.05, 4.69) is 17.4 Å². The molecule has 0 saturated heterocycles. The van der Waals surface area contributed by atoms with Crippen LogP contribution in [0.2, 0.25) is 0 Å². The highest BCUT2D eigenvalue weighted by atomic mass is 16.3. The standard InChI is InChI=1S/C16H15NO2/c18-13-8-6-12(7-9-13)17-16(19)15-10-14(15)11-4-2-1-3-5-11/h1-9,14-15,18H,10H2,(H,17,19)/t14-,15+/m0/s1. The molecule has 96 valence electrons. The van der Waals surface area contributed by atoms with Crippen molar-refractivity contribution in [3.05, 3.63) is 60.2 Å². The molecule has 0 bridgehead atoms. The Balaban J connectivity index is 1.63. The van der Waals surface area contributed by atoms with Crippen molar-refractivity contribution >= 4 is 11.6 Å². The van der Waals surface area contributed by atoms with E-state index in [9.17, 15) is 9.90 Å². The maximum atomic E-state index is 12.1. The molecule has 1 amide bonds. The molecule has 1 fully saturated rings. The summed E-state index contributed by atoms with van der Waals surface area (Å²) in [7, 11) is 0. The number of rotatable bonds is 3. The van der Waals surface area contributed by atoms with E-state index in [1.807, 2.05) is 18.2 Å². The Morgan fingerprint density at radius 1 is 1.05 bits per heavy atom. The number of benzene rings is 2. The molecule has 2 aromatic carbocycles. The molecule has 1 aliphatic carbocycles. The second-order valence-corrected chi connectivity index (χ2v) is 4.90. The van der Waals surface area contributed by atoms with Gasteiger partial charge in [-0.05, 0) is 42.2 Å². The average molecular weight is 253 g/mol. The van der Waals surface area contributed by atoms with E-state index >= 15 is 0 Å². The van der Waals surface area contributed by atoms with Crippen molar-refractivity contribution in [1.29, 1.82) is 0 Å². The summed E-state index contributed by atoms with van der Waals surface area (Å²) in [6.45, 7) is 0. The lowest BCUT2D eigenvalue weighted by Gasteiger charge is -2.05. The van der Waals surface area contributed by atoms with Gasteiger partial charge in [0, 0.05) is 11.6 Å². The van der Waals surface area contributed by atoms with Gasteiger partial charge in [0.25, 0.3) is 0 Å². The van der Waals surface area contributed by atoms with Crippen molar-refractivity contribution in [2.24, 2.45) is 5.92 Å². The molecule has 3 rings (SSSR count). The highest BCUT2D eigenvalue weighted by Crippen LogP contribution is 2.47. The first-order valence-electron chi connectivity index (χ1n) is 6.39. The van der Waals surface area contributed by atoms with Gasteiger partial charge in [0.05, 0.1) is 0 Å². The number of carbonyl (C=O) groups is 1. The number of hydrogen-bond acceptors (Lipinski definition) is 2. The van der Waals surface area contributed by atoms with Crippen molar-refractivity contribution < 1.29 is 9.90 Å². The molecule has 19 heavy (non-hydrogen) atoms. The van der Waals surface area contributed by atoms with Crippen molar-refractivity contribution in [2.75, 3.05) is 5.32 Å². The zero-order chi connectivity index (χ0) is 13.2. The Labute approximate surface area is 111 Å². The molecule has 1 aliphatic rings. The van der Waals surface area contributed by atoms with Gasteiger partial charge in [-0.1, -0.05) is 30.3 Å². The largest absolute Gasteiger partial charge is 0.508 e. The third kappa shape index (κ3) is 2.60. The quantitative estimate of drug-likeness (QED) is 0.826. The van der Waals surface area contributed by atoms with E-state index in [1.54, 1.807) is 24.3 Å². The second-order valence-electron chi connectivity index (χ2n) is 4.90. The molecule has 0 heterocycles. The molecule has 0 radical (unpaired) electrons. The van der Waals surface area contributed by atoms with Crippen molar-refractivity contribution in [3.8, 4) is 5.75 Å². The molecule has 2 N–H and O–H groups in total. The van der Waals surface area contributed by atoms with Crippen LogP contribution in [-0.2, 0) is 4.79 Å². The third-order valence-corrected chi connectivity index (χ3v) is 3.49. The first-order valence-corrected chi connectivity index (χ1v) is 6.39. The molecule has 0 aliphatic heterocycles. The minimum Gasteiger partial charge on any atom is -0.508 e. The molecular weight excluding hydrogens is 238 g/mol. The summed E-state index contributed by atoms with van der Waals surface area (Å²) in [5.41, 5.74) is 1.95. The van der Waals surface area contributed by atoms with Gasteiger partial charge in [-0.15, -0.1) is 0 Å². The zero-order valence-corrected chi connectivity index (χ0v) is 10.4. The SMILES string of the molecule is O=C(Nc1ccc(O)cc1)[C@@H]1C[C@H]1c1ccccc1. The fourth-order valence-corrected chi connectivity index (χ4v) is 2.33. The fourth-order valence-electron chi connectivity index (χ4n) is 2.33. The molecule has 0 unspecified atom stereocenters. The summed E-state index contributed by atoms with van der Waals surface area (Å²) >= 11 is 0. The van der Waals surface area contributed by atoms with Crippen LogP contribution in [0.3, 0.4) is 0 Å². The highest BCUT2D eigenvalue weighted by Gasteiger charge is 2.43. The van der Waals surface area contributed by atoms with Crippen LogP contribution in [0.25, 0.3) is 0 Å². The number of carbonyl (C=O) groups excluding carboxylic acids is 1. The Kier molecular flexibility index (Phi) is 2.95. The lowest BCUT2D eigenvalue weighted by Crippen LogP contribution is -2.14. The van der Waals surface area contributed by atoms with Crippen molar-refractivity contribution in [1.82, 2.24) is 0 Å². The van der Waals surface area contributed by atoms with Gasteiger partial charge in [-0.3, -0.25) is 4.79 Å². The summed E-state index contributed by atoms with van der Waals surface area (Å²) in [6, 6.07) is 16.7. The lowest BCUT2D eigenvalue weighted by atomic mass is 10.1. The molecule has 3 heteroatoms. The van der Waals surface area contributed by atoms with Gasteiger partial charge >= 0.3 is 0 Å². The monoisotopic (exact) mass is 253 g/mol. The predicted molar refractivity (Wildman–Crippen MR) is 74.0 cm³/mol. The molecule has 0 spiro atoms. The number of nitrogens with one attached hydrogen (secondary N) is 1. The number of amides is 1. The van der Waals surface area contributed by atoms with E-state index in [0.29, 0.717) is 5.92 Å². The number of phenols is 1. The van der Waals surface area contributed by atoms with Crippen LogP contribution in [-0.4, -0.2) is 11.0 Å². The normalized spacial score (nSPS) is 20.8. The van der Waals surface area contributed by atoms with Gasteiger partial charge in [0.2, 0.25) is 5.91 Å². The Hall–Kier alpha value is -2.29. The van der Waals surface area contributed by atoms with E-state index in [1.165, 1.54) is 5.56 Å². The minimum absolute atomic E-state index is 0.0551.